The van der Waals surface area contributed by atoms with Crippen molar-refractivity contribution in [1.82, 2.24) is 4.90 Å². The van der Waals surface area contributed by atoms with Crippen molar-refractivity contribution >= 4 is 5.97 Å². The van der Waals surface area contributed by atoms with Crippen molar-refractivity contribution in [2.75, 3.05) is 33.4 Å². The van der Waals surface area contributed by atoms with Gasteiger partial charge in [-0.05, 0) is 26.8 Å². The average Bonchev–Trinajstić information content (AvgIpc) is 2.69. The van der Waals surface area contributed by atoms with E-state index in [4.69, 9.17) is 14.6 Å². The molecular weight excluding hydrogens is 250 g/mol. The summed E-state index contributed by atoms with van der Waals surface area (Å²) in [6.07, 6.45) is -0.0128. The first-order valence-corrected chi connectivity index (χ1v) is 6.71. The number of hydrogen-bond donors (Lipinski definition) is 2. The fraction of sp³-hybridized carbons (Fsp3) is 0.923. The second kappa shape index (κ2) is 7.79. The third kappa shape index (κ3) is 5.06. The van der Waals surface area contributed by atoms with Crippen LogP contribution in [0.1, 0.15) is 20.3 Å². The second-order valence-corrected chi connectivity index (χ2v) is 5.22. The zero-order valence-electron chi connectivity index (χ0n) is 11.9. The SMILES string of the molecule is COCC(C)OCC(O)CN1CCC(C(=O)O)C1C. The van der Waals surface area contributed by atoms with Gasteiger partial charge in [-0.15, -0.1) is 0 Å². The number of ether oxygens (including phenoxy) is 2. The number of likely N-dealkylation sites (tertiary alicyclic amines) is 1. The molecule has 112 valence electrons. The van der Waals surface area contributed by atoms with Crippen LogP contribution in [0.2, 0.25) is 0 Å². The molecule has 0 aromatic carbocycles. The predicted octanol–water partition coefficient (Wildman–Crippen LogP) is 0.194. The molecule has 0 radical (unpaired) electrons. The lowest BCUT2D eigenvalue weighted by molar-refractivity contribution is -0.142. The number of aliphatic hydroxyl groups is 1. The number of carboxylic acid groups (broad SMARTS) is 1. The molecule has 1 fully saturated rings. The minimum Gasteiger partial charge on any atom is -0.481 e. The normalized spacial score (nSPS) is 27.4. The van der Waals surface area contributed by atoms with Crippen LogP contribution in [-0.4, -0.2) is 72.7 Å². The van der Waals surface area contributed by atoms with E-state index in [-0.39, 0.29) is 24.7 Å². The van der Waals surface area contributed by atoms with E-state index in [0.717, 1.165) is 0 Å². The molecule has 0 spiro atoms. The fourth-order valence-electron chi connectivity index (χ4n) is 2.47. The van der Waals surface area contributed by atoms with E-state index in [1.165, 1.54) is 0 Å². The lowest BCUT2D eigenvalue weighted by atomic mass is 10.0. The van der Waals surface area contributed by atoms with E-state index in [2.05, 4.69) is 0 Å². The maximum absolute atomic E-state index is 11.0. The maximum Gasteiger partial charge on any atom is 0.308 e. The summed E-state index contributed by atoms with van der Waals surface area (Å²) in [6, 6.07) is -0.0384. The van der Waals surface area contributed by atoms with Gasteiger partial charge in [-0.25, -0.2) is 0 Å². The van der Waals surface area contributed by atoms with Crippen molar-refractivity contribution in [2.45, 2.75) is 38.5 Å². The van der Waals surface area contributed by atoms with Crippen LogP contribution in [0.25, 0.3) is 0 Å². The van der Waals surface area contributed by atoms with Crippen LogP contribution >= 0.6 is 0 Å². The summed E-state index contributed by atoms with van der Waals surface area (Å²) in [5.41, 5.74) is 0. The Balaban J connectivity index is 2.29. The second-order valence-electron chi connectivity index (χ2n) is 5.22. The Hall–Kier alpha value is -0.690. The van der Waals surface area contributed by atoms with Crippen LogP contribution in [0.15, 0.2) is 0 Å². The molecule has 4 unspecified atom stereocenters. The minimum atomic E-state index is -0.755. The van der Waals surface area contributed by atoms with Crippen LogP contribution in [0.5, 0.6) is 0 Å². The first kappa shape index (κ1) is 16.4. The smallest absolute Gasteiger partial charge is 0.308 e. The Bertz CT molecular complexity index is 286. The third-order valence-electron chi connectivity index (χ3n) is 3.62. The summed E-state index contributed by atoms with van der Waals surface area (Å²) in [5, 5.41) is 19.0. The molecular formula is C13H25NO5. The highest BCUT2D eigenvalue weighted by atomic mass is 16.5. The molecule has 1 aliphatic heterocycles. The quantitative estimate of drug-likeness (QED) is 0.658. The van der Waals surface area contributed by atoms with Crippen molar-refractivity contribution < 1.29 is 24.5 Å². The number of nitrogens with zero attached hydrogens (tertiary/aromatic N) is 1. The standard InChI is InChI=1S/C13H25NO5/c1-9(7-18-3)19-8-11(15)6-14-5-4-12(10(14)2)13(16)17/h9-12,15H,4-8H2,1-3H3,(H,16,17). The summed E-state index contributed by atoms with van der Waals surface area (Å²) in [5.74, 6) is -1.09. The van der Waals surface area contributed by atoms with Gasteiger partial charge in [0.15, 0.2) is 0 Å². The lowest BCUT2D eigenvalue weighted by Crippen LogP contribution is -2.40. The Morgan fingerprint density at radius 2 is 2.16 bits per heavy atom. The van der Waals surface area contributed by atoms with Gasteiger partial charge in [0.25, 0.3) is 0 Å². The molecule has 4 atom stereocenters. The Kier molecular flexibility index (Phi) is 6.71. The largest absolute Gasteiger partial charge is 0.481 e. The molecule has 1 heterocycles. The van der Waals surface area contributed by atoms with Crippen molar-refractivity contribution in [3.63, 3.8) is 0 Å². The van der Waals surface area contributed by atoms with Gasteiger partial charge in [-0.3, -0.25) is 9.69 Å². The number of carboxylic acids is 1. The van der Waals surface area contributed by atoms with E-state index >= 15 is 0 Å². The number of aliphatic hydroxyl groups excluding tert-OH is 1. The van der Waals surface area contributed by atoms with E-state index in [9.17, 15) is 9.90 Å². The van der Waals surface area contributed by atoms with Crippen molar-refractivity contribution in [1.29, 1.82) is 0 Å². The van der Waals surface area contributed by atoms with Gasteiger partial charge < -0.3 is 19.7 Å². The molecule has 1 aliphatic rings. The molecule has 1 saturated heterocycles. The molecule has 19 heavy (non-hydrogen) atoms. The van der Waals surface area contributed by atoms with Gasteiger partial charge in [0.05, 0.1) is 31.3 Å². The third-order valence-corrected chi connectivity index (χ3v) is 3.62. The molecule has 0 bridgehead atoms. The van der Waals surface area contributed by atoms with Gasteiger partial charge in [0.1, 0.15) is 0 Å². The zero-order chi connectivity index (χ0) is 14.4. The van der Waals surface area contributed by atoms with E-state index < -0.39 is 12.1 Å². The first-order valence-electron chi connectivity index (χ1n) is 6.71. The molecule has 0 aliphatic carbocycles. The topological polar surface area (TPSA) is 79.2 Å². The number of methoxy groups -OCH3 is 1. The summed E-state index contributed by atoms with van der Waals surface area (Å²) in [6.45, 7) is 5.68. The van der Waals surface area contributed by atoms with Crippen LogP contribution in [0.4, 0.5) is 0 Å². The van der Waals surface area contributed by atoms with Gasteiger partial charge in [-0.2, -0.15) is 0 Å². The summed E-state index contributed by atoms with van der Waals surface area (Å²) in [4.78, 5) is 13.0. The monoisotopic (exact) mass is 275 g/mol. The molecule has 0 saturated carbocycles. The Labute approximate surface area is 114 Å². The van der Waals surface area contributed by atoms with E-state index in [1.807, 2.05) is 18.7 Å². The van der Waals surface area contributed by atoms with Crippen LogP contribution in [0, 0.1) is 5.92 Å². The Morgan fingerprint density at radius 1 is 1.47 bits per heavy atom. The number of carbonyl (C=O) groups is 1. The van der Waals surface area contributed by atoms with Crippen molar-refractivity contribution in [2.24, 2.45) is 5.92 Å². The van der Waals surface area contributed by atoms with E-state index in [0.29, 0.717) is 26.1 Å². The van der Waals surface area contributed by atoms with Crippen molar-refractivity contribution in [3.05, 3.63) is 0 Å². The summed E-state index contributed by atoms with van der Waals surface area (Å²) >= 11 is 0. The van der Waals surface area contributed by atoms with Gasteiger partial charge >= 0.3 is 5.97 Å². The number of hydrogen-bond acceptors (Lipinski definition) is 5. The maximum atomic E-state index is 11.0. The van der Waals surface area contributed by atoms with Gasteiger partial charge in [0.2, 0.25) is 0 Å². The minimum absolute atomic E-state index is 0.0384. The van der Waals surface area contributed by atoms with Crippen molar-refractivity contribution in [3.8, 4) is 0 Å². The van der Waals surface area contributed by atoms with Crippen LogP contribution in [0.3, 0.4) is 0 Å². The number of β-amino-alcohol motifs (C(OH)–C–C–N with tert-alkyl or cyclic N) is 1. The van der Waals surface area contributed by atoms with E-state index in [1.54, 1.807) is 7.11 Å². The predicted molar refractivity (Wildman–Crippen MR) is 70.1 cm³/mol. The highest BCUT2D eigenvalue weighted by Crippen LogP contribution is 2.24. The fourth-order valence-corrected chi connectivity index (χ4v) is 2.47. The molecule has 6 heteroatoms. The summed E-state index contributed by atoms with van der Waals surface area (Å²) < 4.78 is 10.4. The van der Waals surface area contributed by atoms with Crippen LogP contribution < -0.4 is 0 Å². The molecule has 0 amide bonds. The number of rotatable bonds is 8. The molecule has 6 nitrogen and oxygen atoms in total. The van der Waals surface area contributed by atoms with Gasteiger partial charge in [0, 0.05) is 19.7 Å². The highest BCUT2D eigenvalue weighted by molar-refractivity contribution is 5.71. The molecule has 1 rings (SSSR count). The Morgan fingerprint density at radius 3 is 2.68 bits per heavy atom. The summed E-state index contributed by atoms with van der Waals surface area (Å²) in [7, 11) is 1.61. The zero-order valence-corrected chi connectivity index (χ0v) is 11.9. The molecule has 2 N–H and O–H groups in total. The van der Waals surface area contributed by atoms with Crippen LogP contribution in [-0.2, 0) is 14.3 Å². The molecule has 0 aromatic rings. The first-order chi connectivity index (χ1) is 8.95. The molecule has 0 aromatic heterocycles. The number of aliphatic carboxylic acids is 1. The lowest BCUT2D eigenvalue weighted by Gasteiger charge is -2.26. The van der Waals surface area contributed by atoms with Gasteiger partial charge in [-0.1, -0.05) is 0 Å². The average molecular weight is 275 g/mol. The highest BCUT2D eigenvalue weighted by Gasteiger charge is 2.36.